The first-order valence-electron chi connectivity index (χ1n) is 5.22. The van der Waals surface area contributed by atoms with Crippen LogP contribution >= 0.6 is 11.6 Å². The van der Waals surface area contributed by atoms with Gasteiger partial charge in [0.05, 0.1) is 5.02 Å². The van der Waals surface area contributed by atoms with Gasteiger partial charge in [-0.05, 0) is 18.2 Å². The molecule has 2 N–H and O–H groups in total. The topological polar surface area (TPSA) is 84.9 Å². The van der Waals surface area contributed by atoms with E-state index in [0.717, 1.165) is 0 Å². The van der Waals surface area contributed by atoms with Crippen molar-refractivity contribution in [3.05, 3.63) is 23.2 Å². The Morgan fingerprint density at radius 1 is 1.35 bits per heavy atom. The summed E-state index contributed by atoms with van der Waals surface area (Å²) in [5.74, 6) is -2.03. The van der Waals surface area contributed by atoms with Gasteiger partial charge in [0.2, 0.25) is 5.91 Å². The van der Waals surface area contributed by atoms with Crippen molar-refractivity contribution in [1.29, 1.82) is 0 Å². The molecule has 0 aliphatic heterocycles. The molecular formula is C11H10ClF2NO5. The van der Waals surface area contributed by atoms with E-state index < -0.39 is 31.7 Å². The zero-order valence-electron chi connectivity index (χ0n) is 9.94. The average Bonchev–Trinajstić information content (AvgIpc) is 2.31. The second-order valence-corrected chi connectivity index (χ2v) is 3.87. The summed E-state index contributed by atoms with van der Waals surface area (Å²) in [6.07, 6.45) is 0. The van der Waals surface area contributed by atoms with Gasteiger partial charge in [-0.2, -0.15) is 8.78 Å². The largest absolute Gasteiger partial charge is 0.480 e. The fraction of sp³-hybridized carbons (Fsp3) is 0.273. The Kier molecular flexibility index (Phi) is 6.13. The molecule has 0 aliphatic rings. The van der Waals surface area contributed by atoms with E-state index in [0.29, 0.717) is 0 Å². The van der Waals surface area contributed by atoms with Crippen molar-refractivity contribution < 1.29 is 33.0 Å². The molecule has 0 fully saturated rings. The molecule has 9 heteroatoms. The van der Waals surface area contributed by atoms with Crippen LogP contribution in [-0.2, 0) is 14.3 Å². The van der Waals surface area contributed by atoms with Gasteiger partial charge in [0.1, 0.15) is 19.0 Å². The SMILES string of the molecule is O=C(O)COCC(=O)Nc1ccc(OC(F)F)c(Cl)c1. The first-order valence-corrected chi connectivity index (χ1v) is 5.60. The molecule has 1 rings (SSSR count). The van der Waals surface area contributed by atoms with Crippen LogP contribution in [0.1, 0.15) is 0 Å². The number of ether oxygens (including phenoxy) is 2. The average molecular weight is 310 g/mol. The molecule has 1 aromatic carbocycles. The van der Waals surface area contributed by atoms with Crippen LogP contribution < -0.4 is 10.1 Å². The standard InChI is InChI=1S/C11H10ClF2NO5/c12-7-3-6(1-2-8(7)20-11(13)14)15-9(16)4-19-5-10(17)18/h1-3,11H,4-5H2,(H,15,16)(H,17,18). The van der Waals surface area contributed by atoms with Crippen LogP contribution in [0, 0.1) is 0 Å². The Morgan fingerprint density at radius 2 is 2.05 bits per heavy atom. The molecule has 1 amide bonds. The Bertz CT molecular complexity index is 498. The molecule has 0 saturated carbocycles. The highest BCUT2D eigenvalue weighted by atomic mass is 35.5. The number of carboxylic acid groups (broad SMARTS) is 1. The summed E-state index contributed by atoms with van der Waals surface area (Å²) in [7, 11) is 0. The fourth-order valence-corrected chi connectivity index (χ4v) is 1.42. The lowest BCUT2D eigenvalue weighted by atomic mass is 10.3. The Labute approximate surface area is 117 Å². The van der Waals surface area contributed by atoms with Crippen LogP contribution in [-0.4, -0.2) is 36.8 Å². The zero-order chi connectivity index (χ0) is 15.1. The molecule has 0 aromatic heterocycles. The van der Waals surface area contributed by atoms with Gasteiger partial charge in [0, 0.05) is 5.69 Å². The third-order valence-corrected chi connectivity index (χ3v) is 2.19. The van der Waals surface area contributed by atoms with E-state index in [9.17, 15) is 18.4 Å². The molecule has 110 valence electrons. The van der Waals surface area contributed by atoms with Crippen LogP contribution in [0.25, 0.3) is 0 Å². The van der Waals surface area contributed by atoms with Crippen LogP contribution in [0.15, 0.2) is 18.2 Å². The summed E-state index contributed by atoms with van der Waals surface area (Å²) in [4.78, 5) is 21.5. The number of benzene rings is 1. The predicted molar refractivity (Wildman–Crippen MR) is 65.2 cm³/mol. The molecule has 0 bridgehead atoms. The minimum absolute atomic E-state index is 0.102. The highest BCUT2D eigenvalue weighted by molar-refractivity contribution is 6.32. The highest BCUT2D eigenvalue weighted by Crippen LogP contribution is 2.28. The van der Waals surface area contributed by atoms with E-state index in [2.05, 4.69) is 14.8 Å². The molecule has 0 spiro atoms. The van der Waals surface area contributed by atoms with E-state index >= 15 is 0 Å². The predicted octanol–water partition coefficient (Wildman–Crippen LogP) is 1.98. The maximum absolute atomic E-state index is 12.0. The Balaban J connectivity index is 2.54. The van der Waals surface area contributed by atoms with Gasteiger partial charge >= 0.3 is 12.6 Å². The van der Waals surface area contributed by atoms with Crippen LogP contribution in [0.2, 0.25) is 5.02 Å². The zero-order valence-corrected chi connectivity index (χ0v) is 10.7. The van der Waals surface area contributed by atoms with Gasteiger partial charge in [-0.3, -0.25) is 4.79 Å². The number of halogens is 3. The molecule has 6 nitrogen and oxygen atoms in total. The number of rotatable bonds is 7. The molecule has 0 unspecified atom stereocenters. The summed E-state index contributed by atoms with van der Waals surface area (Å²) < 4.78 is 32.7. The summed E-state index contributed by atoms with van der Waals surface area (Å²) >= 11 is 5.68. The van der Waals surface area contributed by atoms with Crippen molar-refractivity contribution >= 4 is 29.2 Å². The number of carbonyl (C=O) groups is 2. The number of hydrogen-bond donors (Lipinski definition) is 2. The van der Waals surface area contributed by atoms with E-state index in [-0.39, 0.29) is 16.5 Å². The van der Waals surface area contributed by atoms with Gasteiger partial charge in [-0.15, -0.1) is 0 Å². The number of alkyl halides is 2. The smallest absolute Gasteiger partial charge is 0.387 e. The highest BCUT2D eigenvalue weighted by Gasteiger charge is 2.10. The van der Waals surface area contributed by atoms with Crippen LogP contribution in [0.3, 0.4) is 0 Å². The van der Waals surface area contributed by atoms with Crippen molar-refractivity contribution in [1.82, 2.24) is 0 Å². The van der Waals surface area contributed by atoms with Gasteiger partial charge < -0.3 is 19.9 Å². The normalized spacial score (nSPS) is 10.4. The van der Waals surface area contributed by atoms with Crippen molar-refractivity contribution in [3.8, 4) is 5.75 Å². The molecule has 0 atom stereocenters. The maximum atomic E-state index is 12.0. The van der Waals surface area contributed by atoms with Crippen LogP contribution in [0.4, 0.5) is 14.5 Å². The number of amides is 1. The van der Waals surface area contributed by atoms with Crippen molar-refractivity contribution in [2.45, 2.75) is 6.61 Å². The molecule has 20 heavy (non-hydrogen) atoms. The van der Waals surface area contributed by atoms with E-state index in [1.165, 1.54) is 18.2 Å². The van der Waals surface area contributed by atoms with Gasteiger partial charge in [0.25, 0.3) is 0 Å². The first-order chi connectivity index (χ1) is 9.38. The van der Waals surface area contributed by atoms with E-state index in [4.69, 9.17) is 16.7 Å². The Hall–Kier alpha value is -1.93. The van der Waals surface area contributed by atoms with Crippen molar-refractivity contribution in [2.75, 3.05) is 18.5 Å². The summed E-state index contributed by atoms with van der Waals surface area (Å²) in [5.41, 5.74) is 0.237. The molecule has 0 heterocycles. The maximum Gasteiger partial charge on any atom is 0.387 e. The summed E-state index contributed by atoms with van der Waals surface area (Å²) in [5, 5.41) is 10.6. The number of nitrogens with one attached hydrogen (secondary N) is 1. The van der Waals surface area contributed by atoms with Crippen LogP contribution in [0.5, 0.6) is 5.75 Å². The number of carboxylic acids is 1. The molecule has 0 radical (unpaired) electrons. The second kappa shape index (κ2) is 7.61. The quantitative estimate of drug-likeness (QED) is 0.804. The molecule has 0 saturated heterocycles. The lowest BCUT2D eigenvalue weighted by Crippen LogP contribution is -2.20. The first kappa shape index (κ1) is 16.1. The molecule has 0 aliphatic carbocycles. The fourth-order valence-electron chi connectivity index (χ4n) is 1.20. The van der Waals surface area contributed by atoms with Gasteiger partial charge in [0.15, 0.2) is 0 Å². The summed E-state index contributed by atoms with van der Waals surface area (Å²) in [6.45, 7) is -4.06. The van der Waals surface area contributed by atoms with E-state index in [1.54, 1.807) is 0 Å². The van der Waals surface area contributed by atoms with Crippen molar-refractivity contribution in [2.24, 2.45) is 0 Å². The third-order valence-electron chi connectivity index (χ3n) is 1.89. The number of aliphatic carboxylic acids is 1. The minimum Gasteiger partial charge on any atom is -0.480 e. The lowest BCUT2D eigenvalue weighted by molar-refractivity contribution is -0.143. The monoisotopic (exact) mass is 309 g/mol. The number of carbonyl (C=O) groups excluding carboxylic acids is 1. The van der Waals surface area contributed by atoms with Crippen molar-refractivity contribution in [3.63, 3.8) is 0 Å². The second-order valence-electron chi connectivity index (χ2n) is 3.46. The Morgan fingerprint density at radius 3 is 2.60 bits per heavy atom. The molecular weight excluding hydrogens is 300 g/mol. The van der Waals surface area contributed by atoms with Gasteiger partial charge in [-0.25, -0.2) is 4.79 Å². The summed E-state index contributed by atoms with van der Waals surface area (Å²) in [6, 6.07) is 3.69. The number of hydrogen-bond acceptors (Lipinski definition) is 4. The molecule has 1 aromatic rings. The third kappa shape index (κ3) is 5.81. The van der Waals surface area contributed by atoms with E-state index in [1.807, 2.05) is 0 Å². The number of anilines is 1. The lowest BCUT2D eigenvalue weighted by Gasteiger charge is -2.09. The van der Waals surface area contributed by atoms with Gasteiger partial charge in [-0.1, -0.05) is 11.6 Å². The minimum atomic E-state index is -3.00.